The number of nitrogens with zero attached hydrogens (tertiary/aromatic N) is 2. The third-order valence-electron chi connectivity index (χ3n) is 4.86. The van der Waals surface area contributed by atoms with Crippen LogP contribution in [0.3, 0.4) is 0 Å². The van der Waals surface area contributed by atoms with E-state index in [1.165, 1.54) is 5.56 Å². The molecule has 0 aliphatic carbocycles. The second-order valence-electron chi connectivity index (χ2n) is 6.73. The lowest BCUT2D eigenvalue weighted by Crippen LogP contribution is -2.58. The summed E-state index contributed by atoms with van der Waals surface area (Å²) >= 11 is 1.67. The molecule has 2 heterocycles. The van der Waals surface area contributed by atoms with Crippen molar-refractivity contribution in [3.8, 4) is 0 Å². The number of hydrogen-bond acceptors (Lipinski definition) is 3. The standard InChI is InChI=1S/C20H26N2OS/c1-16-14-21(20(23)13-19-9-6-12-24-19)15-17(2)22(16)11-10-18-7-4-3-5-8-18/h3-9,12,16-17H,10-11,13-15H2,1-2H3. The van der Waals surface area contributed by atoms with Crippen LogP contribution in [0.5, 0.6) is 0 Å². The van der Waals surface area contributed by atoms with Crippen LogP contribution in [0.1, 0.15) is 24.3 Å². The Morgan fingerprint density at radius 2 is 1.79 bits per heavy atom. The van der Waals surface area contributed by atoms with E-state index >= 15 is 0 Å². The molecule has 3 rings (SSSR count). The average Bonchev–Trinajstić information content (AvgIpc) is 3.08. The Labute approximate surface area is 148 Å². The van der Waals surface area contributed by atoms with Crippen LogP contribution in [0, 0.1) is 0 Å². The second-order valence-corrected chi connectivity index (χ2v) is 7.76. The van der Waals surface area contributed by atoms with E-state index in [4.69, 9.17) is 0 Å². The number of piperazine rings is 1. The van der Waals surface area contributed by atoms with Crippen LogP contribution in [0.2, 0.25) is 0 Å². The molecule has 0 N–H and O–H groups in total. The molecule has 2 unspecified atom stereocenters. The molecular weight excluding hydrogens is 316 g/mol. The predicted octanol–water partition coefficient (Wildman–Crippen LogP) is 3.45. The van der Waals surface area contributed by atoms with E-state index in [-0.39, 0.29) is 5.91 Å². The second kappa shape index (κ2) is 7.95. The average molecular weight is 343 g/mol. The molecule has 4 heteroatoms. The van der Waals surface area contributed by atoms with E-state index in [0.29, 0.717) is 18.5 Å². The van der Waals surface area contributed by atoms with E-state index in [1.54, 1.807) is 11.3 Å². The van der Waals surface area contributed by atoms with Gasteiger partial charge in [0.05, 0.1) is 6.42 Å². The van der Waals surface area contributed by atoms with Gasteiger partial charge in [-0.15, -0.1) is 11.3 Å². The predicted molar refractivity (Wildman–Crippen MR) is 100 cm³/mol. The van der Waals surface area contributed by atoms with Gasteiger partial charge in [0.1, 0.15) is 0 Å². The van der Waals surface area contributed by atoms with Gasteiger partial charge in [0, 0.05) is 36.6 Å². The first-order valence-corrected chi connectivity index (χ1v) is 9.61. The zero-order valence-electron chi connectivity index (χ0n) is 14.5. The molecule has 24 heavy (non-hydrogen) atoms. The van der Waals surface area contributed by atoms with Crippen molar-refractivity contribution in [3.63, 3.8) is 0 Å². The summed E-state index contributed by atoms with van der Waals surface area (Å²) in [5.74, 6) is 0.263. The minimum Gasteiger partial charge on any atom is -0.339 e. The monoisotopic (exact) mass is 342 g/mol. The van der Waals surface area contributed by atoms with Crippen molar-refractivity contribution < 1.29 is 4.79 Å². The molecule has 1 aliphatic heterocycles. The molecule has 1 amide bonds. The Morgan fingerprint density at radius 1 is 1.08 bits per heavy atom. The zero-order valence-corrected chi connectivity index (χ0v) is 15.3. The molecule has 1 fully saturated rings. The number of thiophene rings is 1. The van der Waals surface area contributed by atoms with Crippen molar-refractivity contribution >= 4 is 17.2 Å². The maximum absolute atomic E-state index is 12.6. The van der Waals surface area contributed by atoms with Crippen molar-refractivity contribution in [2.24, 2.45) is 0 Å². The minimum atomic E-state index is 0.263. The normalized spacial score (nSPS) is 21.8. The Bertz CT molecular complexity index is 629. The van der Waals surface area contributed by atoms with Gasteiger partial charge in [-0.05, 0) is 37.3 Å². The van der Waals surface area contributed by atoms with Crippen LogP contribution in [-0.2, 0) is 17.6 Å². The molecule has 2 aromatic rings. The number of rotatable bonds is 5. The van der Waals surface area contributed by atoms with Gasteiger partial charge in [0.15, 0.2) is 0 Å². The molecule has 1 aromatic heterocycles. The van der Waals surface area contributed by atoms with Crippen LogP contribution >= 0.6 is 11.3 Å². The Hall–Kier alpha value is -1.65. The van der Waals surface area contributed by atoms with Crippen LogP contribution in [0.4, 0.5) is 0 Å². The highest BCUT2D eigenvalue weighted by atomic mass is 32.1. The first-order chi connectivity index (χ1) is 11.6. The Morgan fingerprint density at radius 3 is 2.42 bits per heavy atom. The summed E-state index contributed by atoms with van der Waals surface area (Å²) in [6.07, 6.45) is 1.61. The maximum Gasteiger partial charge on any atom is 0.227 e. The summed E-state index contributed by atoms with van der Waals surface area (Å²) in [5.41, 5.74) is 1.38. The third-order valence-corrected chi connectivity index (χ3v) is 5.74. The highest BCUT2D eigenvalue weighted by molar-refractivity contribution is 7.10. The van der Waals surface area contributed by atoms with E-state index in [1.807, 2.05) is 22.4 Å². The van der Waals surface area contributed by atoms with Crippen molar-refractivity contribution in [2.45, 2.75) is 38.8 Å². The number of benzene rings is 1. The molecule has 2 atom stereocenters. The molecule has 0 radical (unpaired) electrons. The Balaban J connectivity index is 1.54. The SMILES string of the molecule is CC1CN(C(=O)Cc2cccs2)CC(C)N1CCc1ccccc1. The van der Waals surface area contributed by atoms with Gasteiger partial charge in [-0.2, -0.15) is 0 Å². The van der Waals surface area contributed by atoms with E-state index in [2.05, 4.69) is 49.1 Å². The summed E-state index contributed by atoms with van der Waals surface area (Å²) in [4.78, 5) is 18.3. The van der Waals surface area contributed by atoms with Crippen molar-refractivity contribution in [2.75, 3.05) is 19.6 Å². The van der Waals surface area contributed by atoms with Crippen molar-refractivity contribution in [1.82, 2.24) is 9.80 Å². The lowest BCUT2D eigenvalue weighted by Gasteiger charge is -2.44. The quantitative estimate of drug-likeness (QED) is 0.831. The van der Waals surface area contributed by atoms with Gasteiger partial charge in [-0.1, -0.05) is 36.4 Å². The largest absolute Gasteiger partial charge is 0.339 e. The molecule has 0 spiro atoms. The summed E-state index contributed by atoms with van der Waals surface area (Å²) in [5, 5.41) is 2.04. The van der Waals surface area contributed by atoms with Gasteiger partial charge < -0.3 is 4.90 Å². The van der Waals surface area contributed by atoms with Gasteiger partial charge in [-0.3, -0.25) is 9.69 Å². The van der Waals surface area contributed by atoms with E-state index in [0.717, 1.165) is 30.9 Å². The van der Waals surface area contributed by atoms with E-state index in [9.17, 15) is 4.79 Å². The van der Waals surface area contributed by atoms with Crippen molar-refractivity contribution in [1.29, 1.82) is 0 Å². The molecule has 1 saturated heterocycles. The van der Waals surface area contributed by atoms with E-state index < -0.39 is 0 Å². The molecule has 0 saturated carbocycles. The fourth-order valence-corrected chi connectivity index (χ4v) is 4.27. The third kappa shape index (κ3) is 4.25. The number of hydrogen-bond donors (Lipinski definition) is 0. The molecule has 1 aromatic carbocycles. The van der Waals surface area contributed by atoms with Crippen LogP contribution < -0.4 is 0 Å². The number of carbonyl (C=O) groups excluding carboxylic acids is 1. The molecule has 1 aliphatic rings. The molecule has 3 nitrogen and oxygen atoms in total. The summed E-state index contributed by atoms with van der Waals surface area (Å²) in [6, 6.07) is 15.5. The smallest absolute Gasteiger partial charge is 0.227 e. The summed E-state index contributed by atoms with van der Waals surface area (Å²) < 4.78 is 0. The van der Waals surface area contributed by atoms with Crippen LogP contribution in [0.25, 0.3) is 0 Å². The molecular formula is C20H26N2OS. The summed E-state index contributed by atoms with van der Waals surface area (Å²) in [7, 11) is 0. The lowest BCUT2D eigenvalue weighted by atomic mass is 10.1. The first kappa shape index (κ1) is 17.2. The molecule has 0 bridgehead atoms. The maximum atomic E-state index is 12.6. The Kier molecular flexibility index (Phi) is 5.69. The van der Waals surface area contributed by atoms with Crippen LogP contribution in [-0.4, -0.2) is 47.4 Å². The number of carbonyl (C=O) groups is 1. The van der Waals surface area contributed by atoms with Gasteiger partial charge >= 0.3 is 0 Å². The number of amides is 1. The highest BCUT2D eigenvalue weighted by Crippen LogP contribution is 2.19. The lowest BCUT2D eigenvalue weighted by molar-refractivity contribution is -0.134. The zero-order chi connectivity index (χ0) is 16.9. The van der Waals surface area contributed by atoms with Crippen LogP contribution in [0.15, 0.2) is 47.8 Å². The summed E-state index contributed by atoms with van der Waals surface area (Å²) in [6.45, 7) is 7.21. The molecule has 128 valence electrons. The van der Waals surface area contributed by atoms with Gasteiger partial charge in [0.2, 0.25) is 5.91 Å². The fourth-order valence-electron chi connectivity index (χ4n) is 3.58. The fraction of sp³-hybridized carbons (Fsp3) is 0.450. The van der Waals surface area contributed by atoms with Gasteiger partial charge in [-0.25, -0.2) is 0 Å². The highest BCUT2D eigenvalue weighted by Gasteiger charge is 2.31. The van der Waals surface area contributed by atoms with Crippen molar-refractivity contribution in [3.05, 3.63) is 58.3 Å². The minimum absolute atomic E-state index is 0.263. The first-order valence-electron chi connectivity index (χ1n) is 8.73. The van der Waals surface area contributed by atoms with Gasteiger partial charge in [0.25, 0.3) is 0 Å². The topological polar surface area (TPSA) is 23.6 Å².